The summed E-state index contributed by atoms with van der Waals surface area (Å²) in [6.45, 7) is 3.92. The highest BCUT2D eigenvalue weighted by Gasteiger charge is 2.21. The summed E-state index contributed by atoms with van der Waals surface area (Å²) in [6, 6.07) is 3.52. The van der Waals surface area contributed by atoms with Gasteiger partial charge in [-0.1, -0.05) is 6.07 Å². The average molecular weight is 311 g/mol. The lowest BCUT2D eigenvalue weighted by Gasteiger charge is -2.27. The quantitative estimate of drug-likeness (QED) is 0.743. The van der Waals surface area contributed by atoms with Crippen LogP contribution < -0.4 is 10.6 Å². The summed E-state index contributed by atoms with van der Waals surface area (Å²) in [6.07, 6.45) is 0.157. The Morgan fingerprint density at radius 2 is 2.24 bits per heavy atom. The molecule has 1 fully saturated rings. The second-order valence-corrected chi connectivity index (χ2v) is 5.92. The second-order valence-electron chi connectivity index (χ2n) is 4.94. The standard InChI is InChI=1S/C14H21N3O3S/c1-20-14(19)9-11(12-3-2-8-21-12)16-13(18)10-17-6-4-15-5-7-17/h2-3,8,11,15H,4-7,9-10H2,1H3,(H,16,18). The van der Waals surface area contributed by atoms with Crippen molar-refractivity contribution < 1.29 is 14.3 Å². The van der Waals surface area contributed by atoms with Crippen molar-refractivity contribution in [2.75, 3.05) is 39.8 Å². The third-order valence-corrected chi connectivity index (χ3v) is 4.38. The molecule has 0 bridgehead atoms. The minimum absolute atomic E-state index is 0.0563. The molecule has 7 heteroatoms. The van der Waals surface area contributed by atoms with Crippen molar-refractivity contribution in [3.8, 4) is 0 Å². The molecule has 2 N–H and O–H groups in total. The van der Waals surface area contributed by atoms with Crippen LogP contribution in [0.3, 0.4) is 0 Å². The number of nitrogens with one attached hydrogen (secondary N) is 2. The summed E-state index contributed by atoms with van der Waals surface area (Å²) < 4.78 is 4.71. The maximum absolute atomic E-state index is 12.2. The highest BCUT2D eigenvalue weighted by molar-refractivity contribution is 7.10. The molecule has 1 atom stereocenters. The van der Waals surface area contributed by atoms with Gasteiger partial charge in [0.15, 0.2) is 0 Å². The Hall–Kier alpha value is -1.44. The average Bonchev–Trinajstić information content (AvgIpc) is 3.01. The first-order valence-electron chi connectivity index (χ1n) is 7.01. The number of esters is 1. The summed E-state index contributed by atoms with van der Waals surface area (Å²) in [5, 5.41) is 8.13. The van der Waals surface area contributed by atoms with Gasteiger partial charge < -0.3 is 15.4 Å². The number of hydrogen-bond acceptors (Lipinski definition) is 6. The summed E-state index contributed by atoms with van der Waals surface area (Å²) in [7, 11) is 1.36. The van der Waals surface area contributed by atoms with Crippen LogP contribution in [-0.4, -0.2) is 56.6 Å². The van der Waals surface area contributed by atoms with E-state index in [0.29, 0.717) is 6.54 Å². The molecule has 1 saturated heterocycles. The van der Waals surface area contributed by atoms with Crippen LogP contribution >= 0.6 is 11.3 Å². The van der Waals surface area contributed by atoms with Crippen molar-refractivity contribution in [2.45, 2.75) is 12.5 Å². The predicted octanol–water partition coefficient (Wildman–Crippen LogP) is 0.374. The van der Waals surface area contributed by atoms with Gasteiger partial charge in [-0.15, -0.1) is 11.3 Å². The van der Waals surface area contributed by atoms with Gasteiger partial charge in [0.1, 0.15) is 0 Å². The molecular formula is C14H21N3O3S. The molecule has 6 nitrogen and oxygen atoms in total. The molecule has 1 unspecified atom stereocenters. The van der Waals surface area contributed by atoms with E-state index in [1.165, 1.54) is 18.4 Å². The van der Waals surface area contributed by atoms with Crippen LogP contribution in [0.15, 0.2) is 17.5 Å². The molecule has 0 aliphatic carbocycles. The zero-order valence-electron chi connectivity index (χ0n) is 12.1. The van der Waals surface area contributed by atoms with E-state index in [9.17, 15) is 9.59 Å². The van der Waals surface area contributed by atoms with Crippen molar-refractivity contribution >= 4 is 23.2 Å². The van der Waals surface area contributed by atoms with E-state index < -0.39 is 0 Å². The maximum atomic E-state index is 12.2. The lowest BCUT2D eigenvalue weighted by atomic mass is 10.1. The van der Waals surface area contributed by atoms with Crippen molar-refractivity contribution in [2.24, 2.45) is 0 Å². The number of hydrogen-bond donors (Lipinski definition) is 2. The number of ether oxygens (including phenoxy) is 1. The number of rotatable bonds is 6. The number of carbonyl (C=O) groups excluding carboxylic acids is 2. The molecule has 0 saturated carbocycles. The van der Waals surface area contributed by atoms with E-state index in [1.807, 2.05) is 17.5 Å². The third kappa shape index (κ3) is 5.11. The van der Waals surface area contributed by atoms with Crippen molar-refractivity contribution in [3.05, 3.63) is 22.4 Å². The molecule has 2 heterocycles. The first-order valence-corrected chi connectivity index (χ1v) is 7.89. The molecule has 1 aromatic rings. The first kappa shape index (κ1) is 15.9. The van der Waals surface area contributed by atoms with Gasteiger partial charge in [-0.25, -0.2) is 0 Å². The molecule has 1 amide bonds. The SMILES string of the molecule is COC(=O)CC(NC(=O)CN1CCNCC1)c1cccs1. The van der Waals surface area contributed by atoms with Crippen molar-refractivity contribution in [3.63, 3.8) is 0 Å². The fourth-order valence-electron chi connectivity index (χ4n) is 2.27. The van der Waals surface area contributed by atoms with E-state index in [2.05, 4.69) is 15.5 Å². The zero-order chi connectivity index (χ0) is 15.1. The number of methoxy groups -OCH3 is 1. The van der Waals surface area contributed by atoms with Crippen LogP contribution in [0.4, 0.5) is 0 Å². The molecule has 0 spiro atoms. The second kappa shape index (κ2) is 8.11. The van der Waals surface area contributed by atoms with Gasteiger partial charge in [-0.3, -0.25) is 14.5 Å². The Bertz CT molecular complexity index is 458. The summed E-state index contributed by atoms with van der Waals surface area (Å²) >= 11 is 1.53. The van der Waals surface area contributed by atoms with E-state index in [0.717, 1.165) is 31.1 Å². The predicted molar refractivity (Wildman–Crippen MR) is 81.1 cm³/mol. The monoisotopic (exact) mass is 311 g/mol. The number of piperazine rings is 1. The van der Waals surface area contributed by atoms with Crippen molar-refractivity contribution in [1.82, 2.24) is 15.5 Å². The Morgan fingerprint density at radius 3 is 2.86 bits per heavy atom. The van der Waals surface area contributed by atoms with E-state index >= 15 is 0 Å². The molecule has 21 heavy (non-hydrogen) atoms. The van der Waals surface area contributed by atoms with Crippen LogP contribution in [-0.2, 0) is 14.3 Å². The maximum Gasteiger partial charge on any atom is 0.307 e. The minimum atomic E-state index is -0.323. The van der Waals surface area contributed by atoms with Gasteiger partial charge in [0, 0.05) is 31.1 Å². The van der Waals surface area contributed by atoms with Crippen LogP contribution in [0.25, 0.3) is 0 Å². The molecule has 0 aromatic carbocycles. The van der Waals surface area contributed by atoms with Gasteiger partial charge in [-0.05, 0) is 11.4 Å². The van der Waals surface area contributed by atoms with Crippen LogP contribution in [0.1, 0.15) is 17.3 Å². The molecule has 0 radical (unpaired) electrons. The third-order valence-electron chi connectivity index (χ3n) is 3.40. The lowest BCUT2D eigenvalue weighted by molar-refractivity contribution is -0.141. The fraction of sp³-hybridized carbons (Fsp3) is 0.571. The van der Waals surface area contributed by atoms with Gasteiger partial charge in [-0.2, -0.15) is 0 Å². The number of thiophene rings is 1. The highest BCUT2D eigenvalue weighted by atomic mass is 32.1. The van der Waals surface area contributed by atoms with Gasteiger partial charge in [0.25, 0.3) is 0 Å². The van der Waals surface area contributed by atoms with E-state index in [-0.39, 0.29) is 24.3 Å². The lowest BCUT2D eigenvalue weighted by Crippen LogP contribution is -2.48. The van der Waals surface area contributed by atoms with Crippen LogP contribution in [0, 0.1) is 0 Å². The first-order chi connectivity index (χ1) is 10.2. The summed E-state index contributed by atoms with van der Waals surface area (Å²) in [5.41, 5.74) is 0. The Balaban J connectivity index is 1.91. The molecule has 1 aliphatic rings. The Labute approximate surface area is 128 Å². The summed E-state index contributed by atoms with van der Waals surface area (Å²) in [5.74, 6) is -0.380. The zero-order valence-corrected chi connectivity index (χ0v) is 12.9. The van der Waals surface area contributed by atoms with Gasteiger partial charge in [0.05, 0.1) is 26.1 Å². The highest BCUT2D eigenvalue weighted by Crippen LogP contribution is 2.22. The van der Waals surface area contributed by atoms with Crippen LogP contribution in [0.2, 0.25) is 0 Å². The molecule has 116 valence electrons. The van der Waals surface area contributed by atoms with Crippen LogP contribution in [0.5, 0.6) is 0 Å². The number of carbonyl (C=O) groups is 2. The minimum Gasteiger partial charge on any atom is -0.469 e. The summed E-state index contributed by atoms with van der Waals surface area (Å²) in [4.78, 5) is 26.7. The normalized spacial score (nSPS) is 17.2. The molecule has 1 aliphatic heterocycles. The Kier molecular flexibility index (Phi) is 6.16. The topological polar surface area (TPSA) is 70.7 Å². The molecular weight excluding hydrogens is 290 g/mol. The van der Waals surface area contributed by atoms with Gasteiger partial charge >= 0.3 is 5.97 Å². The molecule has 1 aromatic heterocycles. The van der Waals surface area contributed by atoms with Crippen molar-refractivity contribution in [1.29, 1.82) is 0 Å². The van der Waals surface area contributed by atoms with E-state index in [4.69, 9.17) is 4.74 Å². The number of amides is 1. The largest absolute Gasteiger partial charge is 0.469 e. The smallest absolute Gasteiger partial charge is 0.307 e. The fourth-order valence-corrected chi connectivity index (χ4v) is 3.05. The van der Waals surface area contributed by atoms with E-state index in [1.54, 1.807) is 0 Å². The number of nitrogens with zero attached hydrogens (tertiary/aromatic N) is 1. The molecule has 2 rings (SSSR count). The Morgan fingerprint density at radius 1 is 1.48 bits per heavy atom. The van der Waals surface area contributed by atoms with Gasteiger partial charge in [0.2, 0.25) is 5.91 Å².